The first-order valence-electron chi connectivity index (χ1n) is 4.80. The fourth-order valence-electron chi connectivity index (χ4n) is 1.72. The molecule has 0 aromatic heterocycles. The molecule has 1 heterocycles. The summed E-state index contributed by atoms with van der Waals surface area (Å²) in [6.07, 6.45) is 0. The molecule has 3 nitrogen and oxygen atoms in total. The highest BCUT2D eigenvalue weighted by Gasteiger charge is 2.19. The summed E-state index contributed by atoms with van der Waals surface area (Å²) in [4.78, 5) is 0. The van der Waals surface area contributed by atoms with Gasteiger partial charge in [-0.25, -0.2) is 0 Å². The highest BCUT2D eigenvalue weighted by molar-refractivity contribution is 6.35. The predicted molar refractivity (Wildman–Crippen MR) is 69.0 cm³/mol. The quantitative estimate of drug-likeness (QED) is 0.741. The van der Waals surface area contributed by atoms with Crippen molar-refractivity contribution in [2.75, 3.05) is 19.6 Å². The van der Waals surface area contributed by atoms with Crippen LogP contribution in [0, 0.1) is 0 Å². The summed E-state index contributed by atoms with van der Waals surface area (Å²) in [5.74, 6) is 0.113. The number of hydrogen-bond donors (Lipinski definition) is 3. The highest BCUT2D eigenvalue weighted by Crippen LogP contribution is 2.34. The molecule has 1 aromatic carbocycles. The topological polar surface area (TPSA) is 44.3 Å². The molecule has 1 aromatic rings. The first kappa shape index (κ1) is 13.9. The number of phenolic OH excluding ortho intramolecular Hbond substituents is 1. The van der Waals surface area contributed by atoms with E-state index in [1.165, 1.54) is 6.07 Å². The monoisotopic (exact) mass is 282 g/mol. The van der Waals surface area contributed by atoms with Crippen LogP contribution in [-0.2, 0) is 0 Å². The normalized spacial score (nSPS) is 20.2. The minimum Gasteiger partial charge on any atom is -0.506 e. The molecule has 1 atom stereocenters. The first-order chi connectivity index (χ1) is 7.18. The zero-order valence-electron chi connectivity index (χ0n) is 8.46. The van der Waals surface area contributed by atoms with Crippen molar-refractivity contribution in [1.82, 2.24) is 10.6 Å². The van der Waals surface area contributed by atoms with Crippen LogP contribution < -0.4 is 10.6 Å². The average Bonchev–Trinajstić information content (AvgIpc) is 2.24. The second-order valence-corrected chi connectivity index (χ2v) is 4.38. The Bertz CT molecular complexity index is 367. The number of nitrogens with one attached hydrogen (secondary N) is 2. The highest BCUT2D eigenvalue weighted by atomic mass is 35.5. The lowest BCUT2D eigenvalue weighted by atomic mass is 10.0. The van der Waals surface area contributed by atoms with E-state index >= 15 is 0 Å². The molecule has 0 unspecified atom stereocenters. The molecule has 0 saturated carbocycles. The van der Waals surface area contributed by atoms with Gasteiger partial charge in [-0.3, -0.25) is 0 Å². The molecule has 6 heteroatoms. The molecular weight excluding hydrogens is 270 g/mol. The van der Waals surface area contributed by atoms with Crippen LogP contribution in [0.4, 0.5) is 0 Å². The van der Waals surface area contributed by atoms with Gasteiger partial charge in [-0.2, -0.15) is 0 Å². The van der Waals surface area contributed by atoms with Gasteiger partial charge in [-0.15, -0.1) is 12.4 Å². The van der Waals surface area contributed by atoms with E-state index in [0.29, 0.717) is 10.0 Å². The molecule has 0 aliphatic carbocycles. The van der Waals surface area contributed by atoms with Gasteiger partial charge in [0.1, 0.15) is 5.75 Å². The summed E-state index contributed by atoms with van der Waals surface area (Å²) in [6.45, 7) is 2.57. The van der Waals surface area contributed by atoms with Crippen LogP contribution in [0.15, 0.2) is 12.1 Å². The standard InChI is InChI=1S/C10H12Cl2N2O.ClH/c11-6-3-7(10(15)8(12)4-6)9-5-13-1-2-14-9;/h3-4,9,13-15H,1-2,5H2;1H/t9-;/m1./s1. The zero-order valence-corrected chi connectivity index (χ0v) is 10.8. The number of aromatic hydroxyl groups is 1. The van der Waals surface area contributed by atoms with Gasteiger partial charge in [0.05, 0.1) is 5.02 Å². The number of halogens is 3. The summed E-state index contributed by atoms with van der Waals surface area (Å²) < 4.78 is 0. The molecule has 0 radical (unpaired) electrons. The lowest BCUT2D eigenvalue weighted by molar-refractivity contribution is 0.404. The molecule has 2 rings (SSSR count). The van der Waals surface area contributed by atoms with Gasteiger partial charge in [0.15, 0.2) is 0 Å². The molecule has 1 saturated heterocycles. The Labute approximate surface area is 111 Å². The average molecular weight is 284 g/mol. The molecule has 0 spiro atoms. The summed E-state index contributed by atoms with van der Waals surface area (Å²) in [5, 5.41) is 17.2. The van der Waals surface area contributed by atoms with E-state index in [1.54, 1.807) is 6.07 Å². The zero-order chi connectivity index (χ0) is 10.8. The second kappa shape index (κ2) is 5.94. The van der Waals surface area contributed by atoms with E-state index in [-0.39, 0.29) is 24.2 Å². The first-order valence-corrected chi connectivity index (χ1v) is 5.56. The molecule has 1 fully saturated rings. The van der Waals surface area contributed by atoms with Gasteiger partial charge >= 0.3 is 0 Å². The second-order valence-electron chi connectivity index (χ2n) is 3.54. The molecule has 0 amide bonds. The van der Waals surface area contributed by atoms with Gasteiger partial charge in [0, 0.05) is 36.3 Å². The van der Waals surface area contributed by atoms with Crippen molar-refractivity contribution < 1.29 is 5.11 Å². The van der Waals surface area contributed by atoms with Gasteiger partial charge in [0.25, 0.3) is 0 Å². The van der Waals surface area contributed by atoms with Crippen molar-refractivity contribution in [2.24, 2.45) is 0 Å². The van der Waals surface area contributed by atoms with Crippen LogP contribution in [0.3, 0.4) is 0 Å². The fourth-order valence-corrected chi connectivity index (χ4v) is 2.23. The molecule has 1 aliphatic rings. The lowest BCUT2D eigenvalue weighted by Gasteiger charge is -2.25. The van der Waals surface area contributed by atoms with E-state index < -0.39 is 0 Å². The number of phenols is 1. The molecule has 1 aliphatic heterocycles. The minimum absolute atomic E-state index is 0. The van der Waals surface area contributed by atoms with E-state index in [4.69, 9.17) is 23.2 Å². The van der Waals surface area contributed by atoms with Crippen molar-refractivity contribution in [3.8, 4) is 5.75 Å². The van der Waals surface area contributed by atoms with Crippen molar-refractivity contribution in [2.45, 2.75) is 6.04 Å². The Morgan fingerprint density at radius 1 is 1.25 bits per heavy atom. The number of hydrogen-bond acceptors (Lipinski definition) is 3. The molecule has 3 N–H and O–H groups in total. The van der Waals surface area contributed by atoms with Gasteiger partial charge in [-0.05, 0) is 12.1 Å². The predicted octanol–water partition coefficient (Wildman–Crippen LogP) is 2.35. The van der Waals surface area contributed by atoms with Crippen molar-refractivity contribution in [3.63, 3.8) is 0 Å². The van der Waals surface area contributed by atoms with Gasteiger partial charge < -0.3 is 15.7 Å². The van der Waals surface area contributed by atoms with E-state index in [2.05, 4.69) is 10.6 Å². The minimum atomic E-state index is 0. The van der Waals surface area contributed by atoms with Crippen molar-refractivity contribution in [1.29, 1.82) is 0 Å². The van der Waals surface area contributed by atoms with Crippen LogP contribution in [0.25, 0.3) is 0 Å². The Balaban J connectivity index is 0.00000128. The van der Waals surface area contributed by atoms with Crippen LogP contribution >= 0.6 is 35.6 Å². The Morgan fingerprint density at radius 3 is 2.62 bits per heavy atom. The molecular formula is C10H13Cl3N2O. The number of piperazine rings is 1. The third-order valence-corrected chi connectivity index (χ3v) is 2.98. The number of rotatable bonds is 1. The third kappa shape index (κ3) is 2.93. The Morgan fingerprint density at radius 2 is 2.00 bits per heavy atom. The van der Waals surface area contributed by atoms with Gasteiger partial charge in [0.2, 0.25) is 0 Å². The maximum Gasteiger partial charge on any atom is 0.139 e. The maximum absolute atomic E-state index is 9.82. The third-order valence-electron chi connectivity index (χ3n) is 2.47. The molecule has 16 heavy (non-hydrogen) atoms. The smallest absolute Gasteiger partial charge is 0.139 e. The van der Waals surface area contributed by atoms with Crippen LogP contribution in [0.1, 0.15) is 11.6 Å². The maximum atomic E-state index is 9.82. The Hall–Kier alpha value is -0.190. The van der Waals surface area contributed by atoms with Gasteiger partial charge in [-0.1, -0.05) is 23.2 Å². The summed E-state index contributed by atoms with van der Waals surface area (Å²) in [7, 11) is 0. The SMILES string of the molecule is Cl.Oc1c(Cl)cc(Cl)cc1[C@H]1CNCCN1. The summed E-state index contributed by atoms with van der Waals surface area (Å²) in [6, 6.07) is 3.35. The summed E-state index contributed by atoms with van der Waals surface area (Å²) in [5.41, 5.74) is 0.750. The van der Waals surface area contributed by atoms with Crippen LogP contribution in [0.2, 0.25) is 10.0 Å². The summed E-state index contributed by atoms with van der Waals surface area (Å²) >= 11 is 11.8. The fraction of sp³-hybridized carbons (Fsp3) is 0.400. The van der Waals surface area contributed by atoms with Crippen LogP contribution in [0.5, 0.6) is 5.75 Å². The lowest BCUT2D eigenvalue weighted by Crippen LogP contribution is -2.42. The largest absolute Gasteiger partial charge is 0.506 e. The Kier molecular flexibility index (Phi) is 5.15. The molecule has 90 valence electrons. The van der Waals surface area contributed by atoms with Crippen molar-refractivity contribution >= 4 is 35.6 Å². The van der Waals surface area contributed by atoms with Crippen LogP contribution in [-0.4, -0.2) is 24.7 Å². The molecule has 0 bridgehead atoms. The number of benzene rings is 1. The van der Waals surface area contributed by atoms with E-state index in [9.17, 15) is 5.11 Å². The van der Waals surface area contributed by atoms with E-state index in [0.717, 1.165) is 25.2 Å². The van der Waals surface area contributed by atoms with Crippen molar-refractivity contribution in [3.05, 3.63) is 27.7 Å². The van der Waals surface area contributed by atoms with E-state index in [1.807, 2.05) is 0 Å².